The fourth-order valence-corrected chi connectivity index (χ4v) is 1.91. The van der Waals surface area contributed by atoms with Gasteiger partial charge < -0.3 is 15.3 Å². The molecule has 0 saturated carbocycles. The fourth-order valence-electron chi connectivity index (χ4n) is 1.91. The van der Waals surface area contributed by atoms with Crippen molar-refractivity contribution in [2.45, 2.75) is 27.7 Å². The molecule has 0 aromatic heterocycles. The molecule has 0 bridgehead atoms. The number of aryl methyl sites for hydroxylation is 2. The van der Waals surface area contributed by atoms with Gasteiger partial charge in [-0.25, -0.2) is 4.79 Å². The second kappa shape index (κ2) is 6.93. The number of urea groups is 1. The summed E-state index contributed by atoms with van der Waals surface area (Å²) in [7, 11) is 0. The maximum Gasteiger partial charge on any atom is 0.321 e. The number of carbonyl (C=O) groups excluding carboxylic acids is 1. The molecule has 2 N–H and O–H groups in total. The molecule has 0 aliphatic heterocycles. The molecule has 0 aliphatic carbocycles. The van der Waals surface area contributed by atoms with E-state index in [1.807, 2.05) is 39.0 Å². The summed E-state index contributed by atoms with van der Waals surface area (Å²) in [6.45, 7) is 8.01. The van der Waals surface area contributed by atoms with Crippen LogP contribution >= 0.6 is 0 Å². The van der Waals surface area contributed by atoms with E-state index in [0.29, 0.717) is 6.54 Å². The molecule has 0 spiro atoms. The van der Waals surface area contributed by atoms with Crippen molar-refractivity contribution >= 4 is 17.7 Å². The Morgan fingerprint density at radius 1 is 1.35 bits per heavy atom. The van der Waals surface area contributed by atoms with Crippen molar-refractivity contribution in [1.82, 2.24) is 4.90 Å². The molecule has 1 unspecified atom stereocenters. The zero-order valence-electron chi connectivity index (χ0n) is 12.4. The first-order chi connectivity index (χ1) is 9.35. The fraction of sp³-hybridized carbons (Fsp3) is 0.467. The van der Waals surface area contributed by atoms with E-state index in [-0.39, 0.29) is 12.6 Å². The Morgan fingerprint density at radius 3 is 2.50 bits per heavy atom. The molecule has 1 rings (SSSR count). The summed E-state index contributed by atoms with van der Waals surface area (Å²) in [5.41, 5.74) is 2.87. The van der Waals surface area contributed by atoms with Gasteiger partial charge in [0.15, 0.2) is 0 Å². The first kappa shape index (κ1) is 16.0. The minimum atomic E-state index is -0.900. The van der Waals surface area contributed by atoms with E-state index in [4.69, 9.17) is 5.11 Å². The lowest BCUT2D eigenvalue weighted by atomic mass is 10.1. The Bertz CT molecular complexity index is 500. The van der Waals surface area contributed by atoms with Crippen LogP contribution in [0.25, 0.3) is 0 Å². The van der Waals surface area contributed by atoms with E-state index in [1.165, 1.54) is 4.90 Å². The summed E-state index contributed by atoms with van der Waals surface area (Å²) in [6.07, 6.45) is 0. The maximum absolute atomic E-state index is 12.2. The number of nitrogens with zero attached hydrogens (tertiary/aromatic N) is 1. The van der Waals surface area contributed by atoms with Crippen molar-refractivity contribution in [2.24, 2.45) is 5.92 Å². The predicted octanol–water partition coefficient (Wildman–Crippen LogP) is 2.88. The third kappa shape index (κ3) is 4.26. The van der Waals surface area contributed by atoms with Crippen LogP contribution in [-0.4, -0.2) is 35.1 Å². The quantitative estimate of drug-likeness (QED) is 0.870. The van der Waals surface area contributed by atoms with E-state index in [0.717, 1.165) is 16.8 Å². The Labute approximate surface area is 119 Å². The number of aliphatic carboxylic acids is 1. The van der Waals surface area contributed by atoms with Gasteiger partial charge in [0.25, 0.3) is 0 Å². The number of carboxylic acids is 1. The van der Waals surface area contributed by atoms with Gasteiger partial charge in [0.1, 0.15) is 0 Å². The van der Waals surface area contributed by atoms with Gasteiger partial charge in [0.05, 0.1) is 5.92 Å². The number of rotatable bonds is 5. The van der Waals surface area contributed by atoms with E-state index in [9.17, 15) is 9.59 Å². The first-order valence-corrected chi connectivity index (χ1v) is 6.71. The van der Waals surface area contributed by atoms with Gasteiger partial charge in [-0.1, -0.05) is 24.6 Å². The van der Waals surface area contributed by atoms with E-state index < -0.39 is 11.9 Å². The van der Waals surface area contributed by atoms with Crippen LogP contribution in [0, 0.1) is 19.8 Å². The van der Waals surface area contributed by atoms with Gasteiger partial charge in [0, 0.05) is 18.8 Å². The smallest absolute Gasteiger partial charge is 0.321 e. The molecule has 0 saturated heterocycles. The highest BCUT2D eigenvalue weighted by Gasteiger charge is 2.19. The van der Waals surface area contributed by atoms with Crippen molar-refractivity contribution in [2.75, 3.05) is 18.4 Å². The van der Waals surface area contributed by atoms with Crippen LogP contribution in [-0.2, 0) is 4.79 Å². The number of carbonyl (C=O) groups is 2. The largest absolute Gasteiger partial charge is 0.481 e. The Balaban J connectivity index is 2.74. The molecular weight excluding hydrogens is 256 g/mol. The van der Waals surface area contributed by atoms with Gasteiger partial charge >= 0.3 is 12.0 Å². The molecule has 110 valence electrons. The van der Waals surface area contributed by atoms with Crippen LogP contribution < -0.4 is 5.32 Å². The van der Waals surface area contributed by atoms with E-state index in [1.54, 1.807) is 6.92 Å². The Morgan fingerprint density at radius 2 is 2.00 bits per heavy atom. The van der Waals surface area contributed by atoms with E-state index in [2.05, 4.69) is 5.32 Å². The Hall–Kier alpha value is -2.04. The molecule has 5 nitrogen and oxygen atoms in total. The lowest BCUT2D eigenvalue weighted by Crippen LogP contribution is -2.39. The lowest BCUT2D eigenvalue weighted by Gasteiger charge is -2.23. The standard InChI is InChI=1S/C15H22N2O3/c1-5-17(9-12(4)14(18)19)15(20)16-13-7-6-10(2)8-11(13)3/h6-8,12H,5,9H2,1-4H3,(H,16,20)(H,18,19). The molecule has 5 heteroatoms. The number of nitrogens with one attached hydrogen (secondary N) is 1. The normalized spacial score (nSPS) is 11.8. The van der Waals surface area contributed by atoms with Gasteiger partial charge in [0.2, 0.25) is 0 Å². The number of anilines is 1. The summed E-state index contributed by atoms with van der Waals surface area (Å²) in [4.78, 5) is 24.5. The number of benzene rings is 1. The second-order valence-corrected chi connectivity index (χ2v) is 5.03. The van der Waals surface area contributed by atoms with Crippen molar-refractivity contribution in [3.05, 3.63) is 29.3 Å². The topological polar surface area (TPSA) is 69.6 Å². The highest BCUT2D eigenvalue weighted by molar-refractivity contribution is 5.90. The van der Waals surface area contributed by atoms with Gasteiger partial charge in [-0.15, -0.1) is 0 Å². The average molecular weight is 278 g/mol. The van der Waals surface area contributed by atoms with Crippen LogP contribution in [0.4, 0.5) is 10.5 Å². The van der Waals surface area contributed by atoms with Crippen molar-refractivity contribution in [3.8, 4) is 0 Å². The number of hydrogen-bond donors (Lipinski definition) is 2. The summed E-state index contributed by atoms with van der Waals surface area (Å²) in [6, 6.07) is 5.51. The average Bonchev–Trinajstić information content (AvgIpc) is 2.38. The highest BCUT2D eigenvalue weighted by atomic mass is 16.4. The third-order valence-electron chi connectivity index (χ3n) is 3.21. The van der Waals surface area contributed by atoms with Crippen LogP contribution in [0.5, 0.6) is 0 Å². The van der Waals surface area contributed by atoms with Gasteiger partial charge in [-0.2, -0.15) is 0 Å². The summed E-state index contributed by atoms with van der Waals surface area (Å²) < 4.78 is 0. The molecule has 1 atom stereocenters. The highest BCUT2D eigenvalue weighted by Crippen LogP contribution is 2.16. The number of hydrogen-bond acceptors (Lipinski definition) is 2. The molecule has 2 amide bonds. The van der Waals surface area contributed by atoms with Crippen molar-refractivity contribution in [3.63, 3.8) is 0 Å². The zero-order valence-corrected chi connectivity index (χ0v) is 12.4. The molecule has 0 radical (unpaired) electrons. The molecule has 0 aliphatic rings. The maximum atomic E-state index is 12.2. The summed E-state index contributed by atoms with van der Waals surface area (Å²) in [5, 5.41) is 11.7. The Kier molecular flexibility index (Phi) is 5.55. The molecule has 0 fully saturated rings. The van der Waals surface area contributed by atoms with E-state index >= 15 is 0 Å². The van der Waals surface area contributed by atoms with Gasteiger partial charge in [-0.3, -0.25) is 4.79 Å². The van der Waals surface area contributed by atoms with Crippen molar-refractivity contribution < 1.29 is 14.7 Å². The summed E-state index contributed by atoms with van der Waals surface area (Å²) in [5.74, 6) is -1.48. The zero-order chi connectivity index (χ0) is 15.3. The SMILES string of the molecule is CCN(CC(C)C(=O)O)C(=O)Nc1ccc(C)cc1C. The van der Waals surface area contributed by atoms with Crippen molar-refractivity contribution in [1.29, 1.82) is 0 Å². The molecular formula is C15H22N2O3. The van der Waals surface area contributed by atoms with Gasteiger partial charge in [-0.05, 0) is 32.4 Å². The van der Waals surface area contributed by atoms with Crippen LogP contribution in [0.15, 0.2) is 18.2 Å². The molecule has 20 heavy (non-hydrogen) atoms. The third-order valence-corrected chi connectivity index (χ3v) is 3.21. The molecule has 1 aromatic carbocycles. The summed E-state index contributed by atoms with van der Waals surface area (Å²) >= 11 is 0. The minimum Gasteiger partial charge on any atom is -0.481 e. The van der Waals surface area contributed by atoms with Crippen LogP contribution in [0.1, 0.15) is 25.0 Å². The molecule has 0 heterocycles. The number of amides is 2. The van der Waals surface area contributed by atoms with Crippen LogP contribution in [0.2, 0.25) is 0 Å². The van der Waals surface area contributed by atoms with Crippen LogP contribution in [0.3, 0.4) is 0 Å². The monoisotopic (exact) mass is 278 g/mol. The minimum absolute atomic E-state index is 0.197. The lowest BCUT2D eigenvalue weighted by molar-refractivity contribution is -0.141. The predicted molar refractivity (Wildman–Crippen MR) is 79.0 cm³/mol. The second-order valence-electron chi connectivity index (χ2n) is 5.03. The first-order valence-electron chi connectivity index (χ1n) is 6.71. The number of carboxylic acid groups (broad SMARTS) is 1. The molecule has 1 aromatic rings.